The smallest absolute Gasteiger partial charge is 0.187 e. The topological polar surface area (TPSA) is 76.3 Å². The summed E-state index contributed by atoms with van der Waals surface area (Å²) in [5.74, 6) is 0.185. The molecule has 0 spiro atoms. The van der Waals surface area contributed by atoms with Crippen LogP contribution in [0.3, 0.4) is 0 Å². The molecule has 1 aromatic rings. The Morgan fingerprint density at radius 1 is 1.32 bits per heavy atom. The van der Waals surface area contributed by atoms with Crippen LogP contribution in [0, 0.1) is 0 Å². The number of sulfone groups is 1. The second kappa shape index (κ2) is 4.63. The molecule has 1 unspecified atom stereocenters. The van der Waals surface area contributed by atoms with Gasteiger partial charge in [-0.1, -0.05) is 0 Å². The minimum atomic E-state index is -3.28. The van der Waals surface area contributed by atoms with Gasteiger partial charge in [0.25, 0.3) is 0 Å². The van der Waals surface area contributed by atoms with Gasteiger partial charge in [-0.05, 0) is 50.6 Å². The summed E-state index contributed by atoms with van der Waals surface area (Å²) >= 11 is 1.23. The van der Waals surface area contributed by atoms with Gasteiger partial charge in [-0.3, -0.25) is 0 Å². The van der Waals surface area contributed by atoms with E-state index in [1.807, 2.05) is 0 Å². The van der Waals surface area contributed by atoms with E-state index < -0.39 is 9.84 Å². The lowest BCUT2D eigenvalue weighted by Crippen LogP contribution is -2.37. The van der Waals surface area contributed by atoms with Crippen molar-refractivity contribution in [3.05, 3.63) is 0 Å². The van der Waals surface area contributed by atoms with Gasteiger partial charge in [-0.15, -0.1) is 0 Å². The molecule has 2 N–H and O–H groups in total. The lowest BCUT2D eigenvalue weighted by Gasteiger charge is -2.34. The second-order valence-electron chi connectivity index (χ2n) is 5.48. The highest BCUT2D eigenvalue weighted by molar-refractivity contribution is 7.92. The number of aromatic nitrogens is 1. The number of nitrogen functional groups attached to an aromatic ring is 1. The summed E-state index contributed by atoms with van der Waals surface area (Å²) in [6, 6.07) is 0.363. The molecule has 3 rings (SSSR count). The zero-order valence-electron chi connectivity index (χ0n) is 11.0. The van der Waals surface area contributed by atoms with Crippen molar-refractivity contribution >= 4 is 32.2 Å². The summed E-state index contributed by atoms with van der Waals surface area (Å²) in [5.41, 5.74) is 5.84. The number of hydrogen-bond acceptors (Lipinski definition) is 6. The van der Waals surface area contributed by atoms with Crippen LogP contribution in [0.5, 0.6) is 0 Å². The molecule has 0 aromatic carbocycles. The van der Waals surface area contributed by atoms with E-state index in [2.05, 4.69) is 16.2 Å². The Kier molecular flexibility index (Phi) is 3.21. The monoisotopic (exact) mass is 301 g/mol. The molecule has 1 aromatic heterocycles. The normalized spacial score (nSPS) is 24.7. The maximum absolute atomic E-state index is 12.5. The molecule has 106 valence electrons. The molecule has 2 aliphatic rings. The molecule has 0 radical (unpaired) electrons. The molecule has 1 aliphatic carbocycles. The number of nitrogens with two attached hydrogens (primary N) is 1. The lowest BCUT2D eigenvalue weighted by atomic mass is 10.0. The number of piperidine rings is 1. The van der Waals surface area contributed by atoms with Gasteiger partial charge in [0.05, 0.1) is 5.25 Å². The Bertz CT molecular complexity index is 578. The van der Waals surface area contributed by atoms with E-state index >= 15 is 0 Å². The van der Waals surface area contributed by atoms with Crippen LogP contribution >= 0.6 is 11.5 Å². The van der Waals surface area contributed by atoms with E-state index in [0.717, 1.165) is 37.2 Å². The quantitative estimate of drug-likeness (QED) is 0.924. The zero-order chi connectivity index (χ0) is 13.6. The van der Waals surface area contributed by atoms with E-state index in [-0.39, 0.29) is 11.1 Å². The van der Waals surface area contributed by atoms with Crippen molar-refractivity contribution in [2.24, 2.45) is 0 Å². The molecule has 7 heteroatoms. The minimum absolute atomic E-state index is 0.185. The summed E-state index contributed by atoms with van der Waals surface area (Å²) in [7, 11) is -3.28. The lowest BCUT2D eigenvalue weighted by molar-refractivity contribution is 0.485. The van der Waals surface area contributed by atoms with E-state index in [4.69, 9.17) is 5.73 Å². The first kappa shape index (κ1) is 13.2. The van der Waals surface area contributed by atoms with Crippen LogP contribution < -0.4 is 10.6 Å². The van der Waals surface area contributed by atoms with Gasteiger partial charge < -0.3 is 10.6 Å². The van der Waals surface area contributed by atoms with E-state index in [0.29, 0.717) is 10.9 Å². The van der Waals surface area contributed by atoms with Crippen LogP contribution in [0.15, 0.2) is 4.90 Å². The first-order valence-corrected chi connectivity index (χ1v) is 9.09. The van der Waals surface area contributed by atoms with Crippen molar-refractivity contribution in [2.45, 2.75) is 55.2 Å². The summed E-state index contributed by atoms with van der Waals surface area (Å²) < 4.78 is 29.1. The fourth-order valence-corrected chi connectivity index (χ4v) is 5.83. The molecular formula is C12H19N3O2S2. The van der Waals surface area contributed by atoms with E-state index in [1.54, 1.807) is 0 Å². The summed E-state index contributed by atoms with van der Waals surface area (Å²) in [6.07, 6.45) is 4.92. The standard InChI is InChI=1S/C12H19N3O2S2/c1-8-4-2-3-7-15(8)12-10(11(13)14-18-12)19(16,17)9-5-6-9/h8-9H,2-7H2,1H3,(H2,13,14). The Morgan fingerprint density at radius 3 is 2.68 bits per heavy atom. The van der Waals surface area contributed by atoms with Crippen molar-refractivity contribution < 1.29 is 8.42 Å². The second-order valence-corrected chi connectivity index (χ2v) is 8.40. The van der Waals surface area contributed by atoms with Crippen molar-refractivity contribution in [1.29, 1.82) is 0 Å². The molecule has 1 saturated carbocycles. The Balaban J connectivity index is 2.03. The van der Waals surface area contributed by atoms with Gasteiger partial charge in [-0.2, -0.15) is 4.37 Å². The Morgan fingerprint density at radius 2 is 2.05 bits per heavy atom. The molecule has 2 heterocycles. The predicted octanol–water partition coefficient (Wildman–Crippen LogP) is 2.04. The van der Waals surface area contributed by atoms with Gasteiger partial charge in [0.15, 0.2) is 15.7 Å². The highest BCUT2D eigenvalue weighted by Crippen LogP contribution is 2.43. The van der Waals surface area contributed by atoms with Gasteiger partial charge in [0, 0.05) is 12.6 Å². The third-order valence-electron chi connectivity index (χ3n) is 3.97. The van der Waals surface area contributed by atoms with Gasteiger partial charge in [0.1, 0.15) is 9.90 Å². The van der Waals surface area contributed by atoms with Crippen LogP contribution in [0.1, 0.15) is 39.0 Å². The van der Waals surface area contributed by atoms with Crippen molar-refractivity contribution in [3.8, 4) is 0 Å². The van der Waals surface area contributed by atoms with Gasteiger partial charge in [-0.25, -0.2) is 8.42 Å². The van der Waals surface area contributed by atoms with E-state index in [9.17, 15) is 8.42 Å². The van der Waals surface area contributed by atoms with Crippen LogP contribution in [-0.2, 0) is 9.84 Å². The maximum Gasteiger partial charge on any atom is 0.187 e. The van der Waals surface area contributed by atoms with Crippen LogP contribution in [-0.4, -0.2) is 30.6 Å². The molecule has 19 heavy (non-hydrogen) atoms. The molecule has 1 aliphatic heterocycles. The largest absolute Gasteiger partial charge is 0.382 e. The SMILES string of the molecule is CC1CCCCN1c1snc(N)c1S(=O)(=O)C1CC1. The van der Waals surface area contributed by atoms with Crippen LogP contribution in [0.4, 0.5) is 10.8 Å². The first-order chi connectivity index (χ1) is 9.01. The molecule has 0 bridgehead atoms. The van der Waals surface area contributed by atoms with Gasteiger partial charge >= 0.3 is 0 Å². The minimum Gasteiger partial charge on any atom is -0.382 e. The van der Waals surface area contributed by atoms with Crippen molar-refractivity contribution in [2.75, 3.05) is 17.2 Å². The van der Waals surface area contributed by atoms with Crippen LogP contribution in [0.25, 0.3) is 0 Å². The fourth-order valence-electron chi connectivity index (χ4n) is 2.68. The Labute approximate surface area is 117 Å². The number of nitrogens with zero attached hydrogens (tertiary/aromatic N) is 2. The summed E-state index contributed by atoms with van der Waals surface area (Å²) in [4.78, 5) is 2.47. The molecule has 0 amide bonds. The number of rotatable bonds is 3. The highest BCUT2D eigenvalue weighted by Gasteiger charge is 2.42. The maximum atomic E-state index is 12.5. The van der Waals surface area contributed by atoms with Gasteiger partial charge in [0.2, 0.25) is 0 Å². The third kappa shape index (κ3) is 2.23. The van der Waals surface area contributed by atoms with E-state index in [1.165, 1.54) is 18.0 Å². The number of anilines is 2. The third-order valence-corrected chi connectivity index (χ3v) is 7.32. The predicted molar refractivity (Wildman–Crippen MR) is 77.4 cm³/mol. The fraction of sp³-hybridized carbons (Fsp3) is 0.750. The molecule has 1 atom stereocenters. The molecular weight excluding hydrogens is 282 g/mol. The average Bonchev–Trinajstić information content (AvgIpc) is 3.14. The first-order valence-electron chi connectivity index (χ1n) is 6.77. The molecule has 5 nitrogen and oxygen atoms in total. The Hall–Kier alpha value is -0.820. The highest BCUT2D eigenvalue weighted by atomic mass is 32.2. The summed E-state index contributed by atoms with van der Waals surface area (Å²) in [6.45, 7) is 3.04. The number of hydrogen-bond donors (Lipinski definition) is 1. The molecule has 1 saturated heterocycles. The summed E-state index contributed by atoms with van der Waals surface area (Å²) in [5, 5.41) is 0.529. The van der Waals surface area contributed by atoms with Crippen LogP contribution in [0.2, 0.25) is 0 Å². The zero-order valence-corrected chi connectivity index (χ0v) is 12.6. The van der Waals surface area contributed by atoms with Crippen molar-refractivity contribution in [1.82, 2.24) is 4.37 Å². The average molecular weight is 301 g/mol. The van der Waals surface area contributed by atoms with Crippen molar-refractivity contribution in [3.63, 3.8) is 0 Å². The molecule has 2 fully saturated rings.